The van der Waals surface area contributed by atoms with Crippen molar-refractivity contribution in [1.82, 2.24) is 0 Å². The highest BCUT2D eigenvalue weighted by molar-refractivity contribution is 7.99. The van der Waals surface area contributed by atoms with E-state index in [0.29, 0.717) is 0 Å². The standard InChI is InChI=1S/C17H20ClNS/c1-2-13-3-5-14(6-4-13)11-16(19)12-20-17-9-7-15(18)8-10-17/h3-10,16H,2,11-12,19H2,1H3. The summed E-state index contributed by atoms with van der Waals surface area (Å²) in [7, 11) is 0. The Hall–Kier alpha value is -0.960. The summed E-state index contributed by atoms with van der Waals surface area (Å²) in [6, 6.07) is 16.8. The molecule has 0 aliphatic heterocycles. The Balaban J connectivity index is 1.82. The summed E-state index contributed by atoms with van der Waals surface area (Å²) in [6.45, 7) is 2.17. The van der Waals surface area contributed by atoms with E-state index in [0.717, 1.165) is 23.6 Å². The van der Waals surface area contributed by atoms with Crippen molar-refractivity contribution in [3.63, 3.8) is 0 Å². The molecule has 2 aromatic rings. The summed E-state index contributed by atoms with van der Waals surface area (Å²) >= 11 is 7.65. The molecule has 0 radical (unpaired) electrons. The van der Waals surface area contributed by atoms with Crippen molar-refractivity contribution in [1.29, 1.82) is 0 Å². The first-order chi connectivity index (χ1) is 9.67. The van der Waals surface area contributed by atoms with E-state index in [1.54, 1.807) is 11.8 Å². The molecule has 0 heterocycles. The first-order valence-corrected chi connectivity index (χ1v) is 8.25. The van der Waals surface area contributed by atoms with Gasteiger partial charge in [0.2, 0.25) is 0 Å². The maximum atomic E-state index is 6.21. The molecule has 3 heteroatoms. The number of hydrogen-bond donors (Lipinski definition) is 1. The van der Waals surface area contributed by atoms with Gasteiger partial charge < -0.3 is 5.73 Å². The first kappa shape index (κ1) is 15.4. The number of hydrogen-bond acceptors (Lipinski definition) is 2. The van der Waals surface area contributed by atoms with E-state index in [9.17, 15) is 0 Å². The second-order valence-electron chi connectivity index (χ2n) is 4.90. The molecule has 0 bridgehead atoms. The van der Waals surface area contributed by atoms with Gasteiger partial charge in [-0.15, -0.1) is 11.8 Å². The van der Waals surface area contributed by atoms with Crippen LogP contribution in [0.1, 0.15) is 18.1 Å². The van der Waals surface area contributed by atoms with Crippen LogP contribution in [0.3, 0.4) is 0 Å². The molecule has 1 unspecified atom stereocenters. The molecule has 0 saturated carbocycles. The third-order valence-corrected chi connectivity index (χ3v) is 4.66. The van der Waals surface area contributed by atoms with E-state index in [1.807, 2.05) is 24.3 Å². The van der Waals surface area contributed by atoms with E-state index in [1.165, 1.54) is 16.0 Å². The topological polar surface area (TPSA) is 26.0 Å². The molecule has 2 N–H and O–H groups in total. The van der Waals surface area contributed by atoms with Crippen LogP contribution in [0.2, 0.25) is 5.02 Å². The van der Waals surface area contributed by atoms with Crippen LogP contribution in [0, 0.1) is 0 Å². The zero-order chi connectivity index (χ0) is 14.4. The van der Waals surface area contributed by atoms with Crippen LogP contribution >= 0.6 is 23.4 Å². The highest BCUT2D eigenvalue weighted by Gasteiger charge is 2.05. The number of thioether (sulfide) groups is 1. The fourth-order valence-corrected chi connectivity index (χ4v) is 2.99. The van der Waals surface area contributed by atoms with Gasteiger partial charge in [-0.3, -0.25) is 0 Å². The monoisotopic (exact) mass is 305 g/mol. The van der Waals surface area contributed by atoms with Crippen molar-refractivity contribution in [2.24, 2.45) is 5.73 Å². The molecule has 0 aliphatic carbocycles. The van der Waals surface area contributed by atoms with Crippen molar-refractivity contribution < 1.29 is 0 Å². The van der Waals surface area contributed by atoms with E-state index in [-0.39, 0.29) is 6.04 Å². The summed E-state index contributed by atoms with van der Waals surface area (Å²) in [5.74, 6) is 0.914. The Morgan fingerprint density at radius 2 is 1.60 bits per heavy atom. The van der Waals surface area contributed by atoms with E-state index < -0.39 is 0 Å². The van der Waals surface area contributed by atoms with Gasteiger partial charge in [-0.2, -0.15) is 0 Å². The fourth-order valence-electron chi connectivity index (χ4n) is 2.01. The lowest BCUT2D eigenvalue weighted by Gasteiger charge is -2.12. The number of nitrogens with two attached hydrogens (primary N) is 1. The summed E-state index contributed by atoms with van der Waals surface area (Å²) in [5, 5.41) is 0.773. The van der Waals surface area contributed by atoms with Crippen LogP contribution in [0.4, 0.5) is 0 Å². The largest absolute Gasteiger partial charge is 0.327 e. The molecule has 0 saturated heterocycles. The molecule has 0 aliphatic rings. The quantitative estimate of drug-likeness (QED) is 0.791. The van der Waals surface area contributed by atoms with Gasteiger partial charge in [-0.1, -0.05) is 42.8 Å². The minimum atomic E-state index is 0.170. The summed E-state index contributed by atoms with van der Waals surface area (Å²) in [4.78, 5) is 1.21. The van der Waals surface area contributed by atoms with Gasteiger partial charge in [0.1, 0.15) is 0 Å². The summed E-state index contributed by atoms with van der Waals surface area (Å²) in [6.07, 6.45) is 2.00. The lowest BCUT2D eigenvalue weighted by atomic mass is 10.0. The SMILES string of the molecule is CCc1ccc(CC(N)CSc2ccc(Cl)cc2)cc1. The minimum Gasteiger partial charge on any atom is -0.327 e. The van der Waals surface area contributed by atoms with Crippen LogP contribution in [0.5, 0.6) is 0 Å². The molecule has 1 nitrogen and oxygen atoms in total. The Morgan fingerprint density at radius 1 is 1.00 bits per heavy atom. The van der Waals surface area contributed by atoms with Gasteiger partial charge in [-0.25, -0.2) is 0 Å². The Morgan fingerprint density at radius 3 is 2.20 bits per heavy atom. The predicted octanol–water partition coefficient (Wildman–Crippen LogP) is 4.56. The lowest BCUT2D eigenvalue weighted by Crippen LogP contribution is -2.25. The number of aryl methyl sites for hydroxylation is 1. The maximum absolute atomic E-state index is 6.21. The van der Waals surface area contributed by atoms with Crippen LogP contribution in [0.25, 0.3) is 0 Å². The van der Waals surface area contributed by atoms with Gasteiger partial charge in [0, 0.05) is 21.7 Å². The second-order valence-corrected chi connectivity index (χ2v) is 6.43. The highest BCUT2D eigenvalue weighted by Crippen LogP contribution is 2.21. The van der Waals surface area contributed by atoms with Gasteiger partial charge >= 0.3 is 0 Å². The Kier molecular flexibility index (Phi) is 5.96. The Bertz CT molecular complexity index is 522. The van der Waals surface area contributed by atoms with Gasteiger partial charge in [-0.05, 0) is 48.2 Å². The minimum absolute atomic E-state index is 0.170. The number of halogens is 1. The zero-order valence-corrected chi connectivity index (χ0v) is 13.3. The molecular weight excluding hydrogens is 286 g/mol. The van der Waals surface area contributed by atoms with Crippen molar-refractivity contribution in [2.45, 2.75) is 30.7 Å². The first-order valence-electron chi connectivity index (χ1n) is 6.89. The van der Waals surface area contributed by atoms with E-state index in [4.69, 9.17) is 17.3 Å². The zero-order valence-electron chi connectivity index (χ0n) is 11.7. The predicted molar refractivity (Wildman–Crippen MR) is 89.7 cm³/mol. The highest BCUT2D eigenvalue weighted by atomic mass is 35.5. The third kappa shape index (κ3) is 4.86. The molecule has 0 aromatic heterocycles. The van der Waals surface area contributed by atoms with E-state index >= 15 is 0 Å². The molecule has 0 fully saturated rings. The summed E-state index contributed by atoms with van der Waals surface area (Å²) in [5.41, 5.74) is 8.89. The molecule has 20 heavy (non-hydrogen) atoms. The van der Waals surface area contributed by atoms with Crippen molar-refractivity contribution in [3.05, 3.63) is 64.7 Å². The number of rotatable bonds is 6. The van der Waals surface area contributed by atoms with Crippen molar-refractivity contribution in [2.75, 3.05) is 5.75 Å². The number of benzene rings is 2. The average molecular weight is 306 g/mol. The van der Waals surface area contributed by atoms with Crippen LogP contribution in [-0.2, 0) is 12.8 Å². The van der Waals surface area contributed by atoms with Gasteiger partial charge in [0.25, 0.3) is 0 Å². The summed E-state index contributed by atoms with van der Waals surface area (Å²) < 4.78 is 0. The molecule has 2 rings (SSSR count). The molecular formula is C17H20ClNS. The average Bonchev–Trinajstić information content (AvgIpc) is 2.47. The molecule has 0 spiro atoms. The fraction of sp³-hybridized carbons (Fsp3) is 0.294. The van der Waals surface area contributed by atoms with Crippen LogP contribution < -0.4 is 5.73 Å². The van der Waals surface area contributed by atoms with Gasteiger partial charge in [0.05, 0.1) is 0 Å². The normalized spacial score (nSPS) is 12.3. The van der Waals surface area contributed by atoms with Crippen LogP contribution in [0.15, 0.2) is 53.4 Å². The second kappa shape index (κ2) is 7.72. The smallest absolute Gasteiger partial charge is 0.0406 e. The van der Waals surface area contributed by atoms with Crippen molar-refractivity contribution >= 4 is 23.4 Å². The molecule has 2 aromatic carbocycles. The van der Waals surface area contributed by atoms with Gasteiger partial charge in [0.15, 0.2) is 0 Å². The maximum Gasteiger partial charge on any atom is 0.0406 e. The third-order valence-electron chi connectivity index (χ3n) is 3.21. The lowest BCUT2D eigenvalue weighted by molar-refractivity contribution is 0.748. The van der Waals surface area contributed by atoms with Crippen molar-refractivity contribution in [3.8, 4) is 0 Å². The molecule has 0 amide bonds. The van der Waals surface area contributed by atoms with E-state index in [2.05, 4.69) is 31.2 Å². The molecule has 1 atom stereocenters. The Labute approximate surface area is 130 Å². The van der Waals surface area contributed by atoms with Crippen LogP contribution in [-0.4, -0.2) is 11.8 Å². The molecule has 106 valence electrons.